The molecule has 0 atom stereocenters. The van der Waals surface area contributed by atoms with Crippen LogP contribution in [-0.4, -0.2) is 11.7 Å². The summed E-state index contributed by atoms with van der Waals surface area (Å²) in [6, 6.07) is 11.8. The van der Waals surface area contributed by atoms with E-state index in [1.807, 2.05) is 57.2 Å². The van der Waals surface area contributed by atoms with Crippen LogP contribution in [0.3, 0.4) is 0 Å². The zero-order valence-electron chi connectivity index (χ0n) is 12.4. The SMILES string of the molecule is Cc1cc(C)c2c(c1)N(Cc1ccccc1C)C(=O)C2=O. The Morgan fingerprint density at radius 3 is 2.38 bits per heavy atom. The highest BCUT2D eigenvalue weighted by Crippen LogP contribution is 2.34. The highest BCUT2D eigenvalue weighted by Gasteiger charge is 2.37. The molecule has 2 aromatic carbocycles. The molecule has 0 aliphatic carbocycles. The maximum atomic E-state index is 12.3. The van der Waals surface area contributed by atoms with Gasteiger partial charge in [0.25, 0.3) is 11.7 Å². The van der Waals surface area contributed by atoms with Gasteiger partial charge in [0.2, 0.25) is 0 Å². The van der Waals surface area contributed by atoms with Gasteiger partial charge in [0.1, 0.15) is 0 Å². The normalized spacial score (nSPS) is 13.8. The van der Waals surface area contributed by atoms with Crippen LogP contribution in [0.1, 0.15) is 32.6 Å². The summed E-state index contributed by atoms with van der Waals surface area (Å²) in [5.74, 6) is -0.821. The van der Waals surface area contributed by atoms with Crippen LogP contribution in [0.4, 0.5) is 5.69 Å². The van der Waals surface area contributed by atoms with E-state index in [4.69, 9.17) is 0 Å². The molecule has 2 aromatic rings. The molecule has 0 fully saturated rings. The molecule has 1 amide bonds. The zero-order chi connectivity index (χ0) is 15.1. The smallest absolute Gasteiger partial charge is 0.299 e. The third kappa shape index (κ3) is 2.15. The lowest BCUT2D eigenvalue weighted by Crippen LogP contribution is -2.29. The summed E-state index contributed by atoms with van der Waals surface area (Å²) in [6.45, 7) is 6.31. The molecule has 3 nitrogen and oxygen atoms in total. The van der Waals surface area contributed by atoms with Crippen LogP contribution in [-0.2, 0) is 11.3 Å². The second-order valence-corrected chi connectivity index (χ2v) is 5.62. The van der Waals surface area contributed by atoms with Gasteiger partial charge < -0.3 is 4.90 Å². The Labute approximate surface area is 124 Å². The summed E-state index contributed by atoms with van der Waals surface area (Å²) in [6.07, 6.45) is 0. The van der Waals surface area contributed by atoms with E-state index in [2.05, 4.69) is 0 Å². The van der Waals surface area contributed by atoms with Crippen molar-refractivity contribution in [2.24, 2.45) is 0 Å². The molecule has 0 saturated heterocycles. The number of benzene rings is 2. The van der Waals surface area contributed by atoms with Crippen LogP contribution in [0.5, 0.6) is 0 Å². The minimum atomic E-state index is -0.429. The second kappa shape index (κ2) is 4.85. The Hall–Kier alpha value is -2.42. The van der Waals surface area contributed by atoms with Gasteiger partial charge in [0.05, 0.1) is 17.8 Å². The number of hydrogen-bond donors (Lipinski definition) is 0. The average Bonchev–Trinajstić information content (AvgIpc) is 2.66. The molecule has 0 saturated carbocycles. The first-order chi connectivity index (χ1) is 9.99. The first-order valence-electron chi connectivity index (χ1n) is 7.01. The number of amides is 1. The Morgan fingerprint density at radius 1 is 0.952 bits per heavy atom. The van der Waals surface area contributed by atoms with Crippen molar-refractivity contribution in [2.45, 2.75) is 27.3 Å². The lowest BCUT2D eigenvalue weighted by atomic mass is 10.0. The van der Waals surface area contributed by atoms with Gasteiger partial charge in [-0.1, -0.05) is 30.3 Å². The Balaban J connectivity index is 2.08. The molecule has 1 aliphatic rings. The Morgan fingerprint density at radius 2 is 1.67 bits per heavy atom. The molecular weight excluding hydrogens is 262 g/mol. The first kappa shape index (κ1) is 13.6. The standard InChI is InChI=1S/C18H17NO2/c1-11-8-13(3)16-15(9-11)19(18(21)17(16)20)10-14-7-5-4-6-12(14)2/h4-9H,10H2,1-3H3. The van der Waals surface area contributed by atoms with E-state index in [9.17, 15) is 9.59 Å². The van der Waals surface area contributed by atoms with E-state index in [1.54, 1.807) is 4.90 Å². The van der Waals surface area contributed by atoms with E-state index < -0.39 is 11.7 Å². The topological polar surface area (TPSA) is 37.4 Å². The van der Waals surface area contributed by atoms with Gasteiger partial charge in [0.15, 0.2) is 0 Å². The van der Waals surface area contributed by atoms with Crippen molar-refractivity contribution < 1.29 is 9.59 Å². The molecule has 0 spiro atoms. The summed E-state index contributed by atoms with van der Waals surface area (Å²) >= 11 is 0. The summed E-state index contributed by atoms with van der Waals surface area (Å²) in [7, 11) is 0. The number of rotatable bonds is 2. The molecule has 3 rings (SSSR count). The number of anilines is 1. The van der Waals surface area contributed by atoms with E-state index in [1.165, 1.54) is 0 Å². The van der Waals surface area contributed by atoms with Crippen molar-refractivity contribution in [3.05, 3.63) is 64.2 Å². The molecule has 0 bridgehead atoms. The summed E-state index contributed by atoms with van der Waals surface area (Å²) in [5, 5.41) is 0. The minimum Gasteiger partial charge on any atom is -0.300 e. The van der Waals surface area contributed by atoms with Gasteiger partial charge in [-0.25, -0.2) is 0 Å². The average molecular weight is 279 g/mol. The maximum absolute atomic E-state index is 12.3. The van der Waals surface area contributed by atoms with Crippen molar-refractivity contribution in [2.75, 3.05) is 4.90 Å². The van der Waals surface area contributed by atoms with Crippen LogP contribution in [0.15, 0.2) is 36.4 Å². The molecule has 1 aliphatic heterocycles. The Bertz CT molecular complexity index is 762. The van der Waals surface area contributed by atoms with Gasteiger partial charge in [-0.15, -0.1) is 0 Å². The fraction of sp³-hybridized carbons (Fsp3) is 0.222. The van der Waals surface area contributed by atoms with Gasteiger partial charge >= 0.3 is 0 Å². The van der Waals surface area contributed by atoms with Gasteiger partial charge in [-0.05, 0) is 49.1 Å². The fourth-order valence-corrected chi connectivity index (χ4v) is 2.91. The summed E-state index contributed by atoms with van der Waals surface area (Å²) in [4.78, 5) is 26.1. The number of carbonyl (C=O) groups excluding carboxylic acids is 2. The van der Waals surface area contributed by atoms with Crippen LogP contribution in [0.25, 0.3) is 0 Å². The van der Waals surface area contributed by atoms with Crippen molar-refractivity contribution in [1.29, 1.82) is 0 Å². The number of Topliss-reactive ketones (excluding diaryl/α,β-unsaturated/α-hetero) is 1. The predicted octanol–water partition coefficient (Wildman–Crippen LogP) is 3.34. The van der Waals surface area contributed by atoms with E-state index >= 15 is 0 Å². The number of fused-ring (bicyclic) bond motifs is 1. The minimum absolute atomic E-state index is 0.393. The molecule has 0 radical (unpaired) electrons. The molecule has 3 heteroatoms. The molecule has 21 heavy (non-hydrogen) atoms. The van der Waals surface area contributed by atoms with Gasteiger partial charge in [-0.3, -0.25) is 9.59 Å². The monoisotopic (exact) mass is 279 g/mol. The lowest BCUT2D eigenvalue weighted by molar-refractivity contribution is -0.114. The third-order valence-electron chi connectivity index (χ3n) is 4.01. The molecule has 106 valence electrons. The number of hydrogen-bond acceptors (Lipinski definition) is 2. The fourth-order valence-electron chi connectivity index (χ4n) is 2.91. The van der Waals surface area contributed by atoms with Crippen LogP contribution < -0.4 is 4.90 Å². The highest BCUT2D eigenvalue weighted by atomic mass is 16.2. The molecule has 0 aromatic heterocycles. The zero-order valence-corrected chi connectivity index (χ0v) is 12.4. The molecular formula is C18H17NO2. The predicted molar refractivity (Wildman–Crippen MR) is 82.6 cm³/mol. The third-order valence-corrected chi connectivity index (χ3v) is 4.01. The van der Waals surface area contributed by atoms with Crippen LogP contribution in [0, 0.1) is 20.8 Å². The molecule has 1 heterocycles. The number of carbonyl (C=O) groups is 2. The van der Waals surface area contributed by atoms with Crippen molar-refractivity contribution in [3.63, 3.8) is 0 Å². The van der Waals surface area contributed by atoms with Crippen molar-refractivity contribution in [1.82, 2.24) is 0 Å². The summed E-state index contributed by atoms with van der Waals surface area (Å²) in [5.41, 5.74) is 5.41. The largest absolute Gasteiger partial charge is 0.300 e. The number of nitrogens with zero attached hydrogens (tertiary/aromatic N) is 1. The van der Waals surface area contributed by atoms with E-state index in [0.29, 0.717) is 12.1 Å². The molecule has 0 unspecified atom stereocenters. The lowest BCUT2D eigenvalue weighted by Gasteiger charge is -2.18. The quantitative estimate of drug-likeness (QED) is 0.791. The summed E-state index contributed by atoms with van der Waals surface area (Å²) < 4.78 is 0. The molecule has 0 N–H and O–H groups in total. The van der Waals surface area contributed by atoms with E-state index in [-0.39, 0.29) is 0 Å². The Kier molecular flexibility index (Phi) is 3.13. The van der Waals surface area contributed by atoms with Crippen LogP contribution >= 0.6 is 0 Å². The second-order valence-electron chi connectivity index (χ2n) is 5.62. The van der Waals surface area contributed by atoms with Gasteiger partial charge in [0, 0.05) is 0 Å². The van der Waals surface area contributed by atoms with Crippen molar-refractivity contribution >= 4 is 17.4 Å². The first-order valence-corrected chi connectivity index (χ1v) is 7.01. The highest BCUT2D eigenvalue weighted by molar-refractivity contribution is 6.52. The van der Waals surface area contributed by atoms with Crippen LogP contribution in [0.2, 0.25) is 0 Å². The number of ketones is 1. The van der Waals surface area contributed by atoms with Gasteiger partial charge in [-0.2, -0.15) is 0 Å². The van der Waals surface area contributed by atoms with E-state index in [0.717, 1.165) is 27.9 Å². The number of aryl methyl sites for hydroxylation is 3. The van der Waals surface area contributed by atoms with Crippen molar-refractivity contribution in [3.8, 4) is 0 Å². The maximum Gasteiger partial charge on any atom is 0.299 e.